The fourth-order valence-electron chi connectivity index (χ4n) is 2.64. The van der Waals surface area contributed by atoms with Crippen molar-refractivity contribution in [3.63, 3.8) is 0 Å². The number of aliphatic hydroxyl groups excluding tert-OH is 1. The highest BCUT2D eigenvalue weighted by Gasteiger charge is 2.15. The Bertz CT molecular complexity index is 846. The van der Waals surface area contributed by atoms with Gasteiger partial charge in [-0.15, -0.1) is 0 Å². The third kappa shape index (κ3) is 4.04. The molecule has 0 saturated heterocycles. The summed E-state index contributed by atoms with van der Waals surface area (Å²) in [7, 11) is 1.53. The first-order chi connectivity index (χ1) is 12.2. The minimum atomic E-state index is -0.599. The molecule has 3 aromatic rings. The van der Waals surface area contributed by atoms with Gasteiger partial charge in [-0.3, -0.25) is 4.79 Å². The highest BCUT2D eigenvalue weighted by molar-refractivity contribution is 6.07. The third-order valence-electron chi connectivity index (χ3n) is 3.86. The molecule has 6 heteroatoms. The molecular weight excluding hydrogens is 320 g/mol. The number of amides is 1. The van der Waals surface area contributed by atoms with Crippen LogP contribution < -0.4 is 5.32 Å². The number of pyridine rings is 1. The normalized spacial score (nSPS) is 12.2. The van der Waals surface area contributed by atoms with Crippen molar-refractivity contribution in [2.24, 2.45) is 0 Å². The average molecular weight is 340 g/mol. The quantitative estimate of drug-likeness (QED) is 0.691. The van der Waals surface area contributed by atoms with Crippen LogP contribution in [0.2, 0.25) is 0 Å². The zero-order valence-corrected chi connectivity index (χ0v) is 13.9. The number of fused-ring (bicyclic) bond motifs is 1. The molecule has 0 radical (unpaired) electrons. The summed E-state index contributed by atoms with van der Waals surface area (Å²) in [6, 6.07) is 12.8. The van der Waals surface area contributed by atoms with Crippen LogP contribution in [0.15, 0.2) is 53.1 Å². The average Bonchev–Trinajstić information content (AvgIpc) is 3.15. The second kappa shape index (κ2) is 7.92. The highest BCUT2D eigenvalue weighted by Crippen LogP contribution is 2.25. The van der Waals surface area contributed by atoms with Crippen LogP contribution in [-0.4, -0.2) is 42.4 Å². The van der Waals surface area contributed by atoms with E-state index in [4.69, 9.17) is 9.15 Å². The van der Waals surface area contributed by atoms with Gasteiger partial charge >= 0.3 is 0 Å². The van der Waals surface area contributed by atoms with E-state index in [1.54, 1.807) is 24.5 Å². The number of aromatic nitrogens is 1. The summed E-state index contributed by atoms with van der Waals surface area (Å²) in [5, 5.41) is 13.3. The summed E-state index contributed by atoms with van der Waals surface area (Å²) in [4.78, 5) is 17.2. The Morgan fingerprint density at radius 3 is 2.92 bits per heavy atom. The first-order valence-electron chi connectivity index (χ1n) is 8.08. The third-order valence-corrected chi connectivity index (χ3v) is 3.86. The molecule has 2 aromatic heterocycles. The summed E-state index contributed by atoms with van der Waals surface area (Å²) in [5.41, 5.74) is 1.85. The number of rotatable bonds is 7. The number of ether oxygens (including phenoxy) is 1. The smallest absolute Gasteiger partial charge is 0.252 e. The molecule has 130 valence electrons. The van der Waals surface area contributed by atoms with Gasteiger partial charge in [0.2, 0.25) is 0 Å². The Labute approximate surface area is 145 Å². The van der Waals surface area contributed by atoms with Crippen molar-refractivity contribution in [2.45, 2.75) is 12.5 Å². The number of para-hydroxylation sites is 1. The van der Waals surface area contributed by atoms with Crippen LogP contribution in [-0.2, 0) is 4.74 Å². The molecule has 0 bridgehead atoms. The van der Waals surface area contributed by atoms with Crippen LogP contribution in [0.4, 0.5) is 0 Å². The predicted molar refractivity (Wildman–Crippen MR) is 94.3 cm³/mol. The summed E-state index contributed by atoms with van der Waals surface area (Å²) >= 11 is 0. The van der Waals surface area contributed by atoms with Gasteiger partial charge < -0.3 is 19.6 Å². The number of nitrogens with one attached hydrogen (secondary N) is 1. The van der Waals surface area contributed by atoms with Crippen LogP contribution in [0, 0.1) is 0 Å². The summed E-state index contributed by atoms with van der Waals surface area (Å²) in [6.07, 6.45) is 1.40. The zero-order chi connectivity index (χ0) is 17.6. The maximum absolute atomic E-state index is 12.6. The van der Waals surface area contributed by atoms with E-state index in [1.165, 1.54) is 7.11 Å². The van der Waals surface area contributed by atoms with Crippen molar-refractivity contribution in [2.75, 3.05) is 20.3 Å². The lowest BCUT2D eigenvalue weighted by Gasteiger charge is -2.12. The molecule has 2 N–H and O–H groups in total. The van der Waals surface area contributed by atoms with Gasteiger partial charge in [-0.2, -0.15) is 0 Å². The zero-order valence-electron chi connectivity index (χ0n) is 13.9. The standard InChI is InChI=1S/C19H20N2O4/c1-24-12-13(22)8-9-20-19(23)15-11-17(18-7-4-10-25-18)21-16-6-3-2-5-14(15)16/h2-7,10-11,13,22H,8-9,12H2,1H3,(H,20,23). The highest BCUT2D eigenvalue weighted by atomic mass is 16.5. The maximum atomic E-state index is 12.6. The maximum Gasteiger partial charge on any atom is 0.252 e. The minimum absolute atomic E-state index is 0.212. The first kappa shape index (κ1) is 17.1. The molecule has 1 aromatic carbocycles. The van der Waals surface area contributed by atoms with E-state index >= 15 is 0 Å². The summed E-state index contributed by atoms with van der Waals surface area (Å²) in [6.45, 7) is 0.604. The Kier molecular flexibility index (Phi) is 5.42. The topological polar surface area (TPSA) is 84.6 Å². The molecular formula is C19H20N2O4. The Balaban J connectivity index is 1.85. The van der Waals surface area contributed by atoms with Crippen molar-refractivity contribution in [1.82, 2.24) is 10.3 Å². The SMILES string of the molecule is COCC(O)CCNC(=O)c1cc(-c2ccco2)nc2ccccc12. The van der Waals surface area contributed by atoms with Crippen LogP contribution in [0.3, 0.4) is 0 Å². The number of benzene rings is 1. The van der Waals surface area contributed by atoms with E-state index in [2.05, 4.69) is 10.3 Å². The van der Waals surface area contributed by atoms with Crippen molar-refractivity contribution in [3.05, 3.63) is 54.3 Å². The van der Waals surface area contributed by atoms with E-state index < -0.39 is 6.10 Å². The number of carbonyl (C=O) groups excluding carboxylic acids is 1. The minimum Gasteiger partial charge on any atom is -0.463 e. The second-order valence-electron chi connectivity index (χ2n) is 5.70. The Hall–Kier alpha value is -2.70. The number of carbonyl (C=O) groups is 1. The van der Waals surface area contributed by atoms with Crippen LogP contribution >= 0.6 is 0 Å². The number of aliphatic hydroxyl groups is 1. The van der Waals surface area contributed by atoms with Gasteiger partial charge in [0.15, 0.2) is 5.76 Å². The predicted octanol–water partition coefficient (Wildman–Crippen LogP) is 2.62. The number of hydrogen-bond donors (Lipinski definition) is 2. The molecule has 2 heterocycles. The van der Waals surface area contributed by atoms with Crippen LogP contribution in [0.25, 0.3) is 22.4 Å². The monoisotopic (exact) mass is 340 g/mol. The van der Waals surface area contributed by atoms with E-state index in [1.807, 2.05) is 24.3 Å². The van der Waals surface area contributed by atoms with E-state index in [0.29, 0.717) is 30.0 Å². The van der Waals surface area contributed by atoms with Crippen molar-refractivity contribution < 1.29 is 19.1 Å². The first-order valence-corrected chi connectivity index (χ1v) is 8.08. The molecule has 1 unspecified atom stereocenters. The van der Waals surface area contributed by atoms with Crippen molar-refractivity contribution in [3.8, 4) is 11.5 Å². The van der Waals surface area contributed by atoms with Crippen LogP contribution in [0.5, 0.6) is 0 Å². The van der Waals surface area contributed by atoms with Crippen molar-refractivity contribution in [1.29, 1.82) is 0 Å². The van der Waals surface area contributed by atoms with E-state index in [0.717, 1.165) is 10.9 Å². The van der Waals surface area contributed by atoms with Gasteiger partial charge in [0.25, 0.3) is 5.91 Å². The van der Waals surface area contributed by atoms with Gasteiger partial charge in [0, 0.05) is 19.0 Å². The molecule has 1 amide bonds. The number of nitrogens with zero attached hydrogens (tertiary/aromatic N) is 1. The lowest BCUT2D eigenvalue weighted by atomic mass is 10.1. The molecule has 0 saturated carbocycles. The van der Waals surface area contributed by atoms with E-state index in [-0.39, 0.29) is 12.5 Å². The fourth-order valence-corrected chi connectivity index (χ4v) is 2.64. The number of hydrogen-bond acceptors (Lipinski definition) is 5. The molecule has 0 fully saturated rings. The Morgan fingerprint density at radius 2 is 2.16 bits per heavy atom. The lowest BCUT2D eigenvalue weighted by molar-refractivity contribution is 0.0588. The van der Waals surface area contributed by atoms with Crippen molar-refractivity contribution >= 4 is 16.8 Å². The fraction of sp³-hybridized carbons (Fsp3) is 0.263. The molecule has 0 aliphatic heterocycles. The molecule has 0 aliphatic carbocycles. The van der Waals surface area contributed by atoms with Gasteiger partial charge in [0.05, 0.1) is 30.1 Å². The number of furan rings is 1. The molecule has 0 aliphatic rings. The largest absolute Gasteiger partial charge is 0.463 e. The molecule has 3 rings (SSSR count). The lowest BCUT2D eigenvalue weighted by Crippen LogP contribution is -2.28. The molecule has 25 heavy (non-hydrogen) atoms. The van der Waals surface area contributed by atoms with Gasteiger partial charge in [-0.05, 0) is 30.7 Å². The van der Waals surface area contributed by atoms with Gasteiger partial charge in [-0.25, -0.2) is 4.98 Å². The van der Waals surface area contributed by atoms with Gasteiger partial charge in [0.1, 0.15) is 5.69 Å². The van der Waals surface area contributed by atoms with E-state index in [9.17, 15) is 9.90 Å². The van der Waals surface area contributed by atoms with Crippen LogP contribution in [0.1, 0.15) is 16.8 Å². The second-order valence-corrected chi connectivity index (χ2v) is 5.70. The van der Waals surface area contributed by atoms with Gasteiger partial charge in [-0.1, -0.05) is 18.2 Å². The number of methoxy groups -OCH3 is 1. The molecule has 0 spiro atoms. The molecule has 6 nitrogen and oxygen atoms in total. The summed E-state index contributed by atoms with van der Waals surface area (Å²) < 4.78 is 10.3. The Morgan fingerprint density at radius 1 is 1.32 bits per heavy atom. The summed E-state index contributed by atoms with van der Waals surface area (Å²) in [5.74, 6) is 0.395. The molecule has 1 atom stereocenters.